The van der Waals surface area contributed by atoms with Crippen LogP contribution in [0.25, 0.3) is 22.4 Å². The number of rotatable bonds is 1. The first-order valence-corrected chi connectivity index (χ1v) is 5.50. The average Bonchev–Trinajstić information content (AvgIpc) is 2.66. The lowest BCUT2D eigenvalue weighted by molar-refractivity contribution is 0.628. The number of hydrogen-bond donors (Lipinski definition) is 0. The minimum absolute atomic E-state index is 0.277. The lowest BCUT2D eigenvalue weighted by Gasteiger charge is -2.00. The third-order valence-corrected chi connectivity index (χ3v) is 2.78. The largest absolute Gasteiger partial charge is 0.264 e. The summed E-state index contributed by atoms with van der Waals surface area (Å²) in [6.45, 7) is 1.89. The fourth-order valence-corrected chi connectivity index (χ4v) is 1.87. The van der Waals surface area contributed by atoms with E-state index in [9.17, 15) is 4.39 Å². The van der Waals surface area contributed by atoms with Gasteiger partial charge in [0.1, 0.15) is 23.0 Å². The highest BCUT2D eigenvalue weighted by Crippen LogP contribution is 2.19. The molecule has 0 fully saturated rings. The summed E-state index contributed by atoms with van der Waals surface area (Å²) in [6, 6.07) is 6.07. The molecule has 1 radical (unpaired) electrons. The number of nitrogens with zero attached hydrogens (tertiary/aromatic N) is 4. The van der Waals surface area contributed by atoms with E-state index >= 15 is 0 Å². The summed E-state index contributed by atoms with van der Waals surface area (Å²) in [6.07, 6.45) is 2.92. The molecule has 0 bridgehead atoms. The van der Waals surface area contributed by atoms with Crippen molar-refractivity contribution in [3.05, 3.63) is 42.0 Å². The Balaban J connectivity index is 2.18. The van der Waals surface area contributed by atoms with Gasteiger partial charge >= 0.3 is 0 Å². The quantitative estimate of drug-likeness (QED) is 0.656. The van der Waals surface area contributed by atoms with Gasteiger partial charge in [0.15, 0.2) is 5.82 Å². The SMILES string of the molecule is Cc1nn(C)c2[c]nc(-c3ccc(F)cc3)nc12. The van der Waals surface area contributed by atoms with E-state index in [2.05, 4.69) is 21.3 Å². The number of aromatic nitrogens is 4. The van der Waals surface area contributed by atoms with Gasteiger partial charge in [0.05, 0.1) is 5.69 Å². The summed E-state index contributed by atoms with van der Waals surface area (Å²) >= 11 is 0. The van der Waals surface area contributed by atoms with Crippen LogP contribution in [0.2, 0.25) is 0 Å². The van der Waals surface area contributed by atoms with Crippen molar-refractivity contribution in [1.29, 1.82) is 0 Å². The van der Waals surface area contributed by atoms with Gasteiger partial charge in [-0.15, -0.1) is 0 Å². The van der Waals surface area contributed by atoms with Crippen LogP contribution in [0.5, 0.6) is 0 Å². The fraction of sp³-hybridized carbons (Fsp3) is 0.154. The van der Waals surface area contributed by atoms with Crippen molar-refractivity contribution < 1.29 is 4.39 Å². The van der Waals surface area contributed by atoms with Crippen molar-refractivity contribution >= 4 is 11.0 Å². The minimum Gasteiger partial charge on any atom is -0.264 e. The zero-order valence-electron chi connectivity index (χ0n) is 9.98. The number of hydrogen-bond acceptors (Lipinski definition) is 3. The highest BCUT2D eigenvalue weighted by atomic mass is 19.1. The fourth-order valence-electron chi connectivity index (χ4n) is 1.87. The smallest absolute Gasteiger partial charge is 0.160 e. The van der Waals surface area contributed by atoms with Crippen molar-refractivity contribution in [3.8, 4) is 11.4 Å². The Labute approximate surface area is 103 Å². The Morgan fingerprint density at radius 3 is 2.67 bits per heavy atom. The van der Waals surface area contributed by atoms with Crippen LogP contribution in [-0.4, -0.2) is 19.7 Å². The van der Waals surface area contributed by atoms with Gasteiger partial charge in [0.2, 0.25) is 0 Å². The van der Waals surface area contributed by atoms with E-state index < -0.39 is 0 Å². The number of benzene rings is 1. The van der Waals surface area contributed by atoms with Gasteiger partial charge in [0.25, 0.3) is 0 Å². The van der Waals surface area contributed by atoms with E-state index in [0.717, 1.165) is 22.3 Å². The lowest BCUT2D eigenvalue weighted by Crippen LogP contribution is -1.93. The second-order valence-electron chi connectivity index (χ2n) is 4.07. The topological polar surface area (TPSA) is 43.6 Å². The van der Waals surface area contributed by atoms with Crippen LogP contribution in [-0.2, 0) is 7.05 Å². The second-order valence-corrected chi connectivity index (χ2v) is 4.07. The molecule has 2 aromatic heterocycles. The van der Waals surface area contributed by atoms with E-state index in [0.29, 0.717) is 5.82 Å². The van der Waals surface area contributed by atoms with Crippen LogP contribution in [0, 0.1) is 18.9 Å². The monoisotopic (exact) mass is 241 g/mol. The van der Waals surface area contributed by atoms with Gasteiger partial charge in [-0.3, -0.25) is 4.68 Å². The van der Waals surface area contributed by atoms with Gasteiger partial charge in [-0.25, -0.2) is 14.4 Å². The van der Waals surface area contributed by atoms with Crippen LogP contribution in [0.4, 0.5) is 4.39 Å². The number of fused-ring (bicyclic) bond motifs is 1. The summed E-state index contributed by atoms with van der Waals surface area (Å²) in [5.74, 6) is 0.250. The molecule has 4 nitrogen and oxygen atoms in total. The van der Waals surface area contributed by atoms with Gasteiger partial charge in [0, 0.05) is 12.6 Å². The number of halogens is 1. The van der Waals surface area contributed by atoms with Crippen LogP contribution < -0.4 is 0 Å². The highest BCUT2D eigenvalue weighted by molar-refractivity contribution is 5.78. The third kappa shape index (κ3) is 1.64. The maximum atomic E-state index is 12.9. The molecular weight excluding hydrogens is 231 g/mol. The molecule has 0 aliphatic rings. The van der Waals surface area contributed by atoms with Crippen molar-refractivity contribution in [3.63, 3.8) is 0 Å². The molecule has 3 aromatic rings. The molecule has 0 atom stereocenters. The van der Waals surface area contributed by atoms with Crippen LogP contribution in [0.3, 0.4) is 0 Å². The standard InChI is InChI=1S/C13H10FN4/c1-8-12-11(18(2)17-8)7-15-13(16-12)9-3-5-10(14)6-4-9/h3-6H,1-2H3. The summed E-state index contributed by atoms with van der Waals surface area (Å²) in [4.78, 5) is 8.61. The zero-order chi connectivity index (χ0) is 12.7. The predicted molar refractivity (Wildman–Crippen MR) is 65.3 cm³/mol. The molecular formula is C13H10FN4. The molecule has 0 saturated heterocycles. The molecule has 2 heterocycles. The van der Waals surface area contributed by atoms with E-state index in [1.807, 2.05) is 14.0 Å². The zero-order valence-corrected chi connectivity index (χ0v) is 9.98. The van der Waals surface area contributed by atoms with Crippen molar-refractivity contribution in [2.45, 2.75) is 6.92 Å². The Hall–Kier alpha value is -2.30. The summed E-state index contributed by atoms with van der Waals surface area (Å²) < 4.78 is 14.6. The maximum Gasteiger partial charge on any atom is 0.160 e. The summed E-state index contributed by atoms with van der Waals surface area (Å²) in [5, 5.41) is 4.26. The predicted octanol–water partition coefficient (Wildman–Crippen LogP) is 2.28. The summed E-state index contributed by atoms with van der Waals surface area (Å²) in [5.41, 5.74) is 3.12. The molecule has 0 amide bonds. The van der Waals surface area contributed by atoms with E-state index in [4.69, 9.17) is 0 Å². The molecule has 5 heteroatoms. The minimum atomic E-state index is -0.277. The summed E-state index contributed by atoms with van der Waals surface area (Å²) in [7, 11) is 1.83. The normalized spacial score (nSPS) is 11.1. The third-order valence-electron chi connectivity index (χ3n) is 2.78. The van der Waals surface area contributed by atoms with Crippen molar-refractivity contribution in [1.82, 2.24) is 19.7 Å². The number of aryl methyl sites for hydroxylation is 2. The highest BCUT2D eigenvalue weighted by Gasteiger charge is 2.10. The molecule has 1 aromatic carbocycles. The first-order valence-electron chi connectivity index (χ1n) is 5.50. The van der Waals surface area contributed by atoms with Gasteiger partial charge in [-0.2, -0.15) is 5.10 Å². The lowest BCUT2D eigenvalue weighted by atomic mass is 10.2. The van der Waals surface area contributed by atoms with Crippen LogP contribution in [0.15, 0.2) is 24.3 Å². The van der Waals surface area contributed by atoms with E-state index in [1.54, 1.807) is 16.8 Å². The van der Waals surface area contributed by atoms with Gasteiger partial charge in [-0.1, -0.05) is 0 Å². The van der Waals surface area contributed by atoms with Crippen molar-refractivity contribution in [2.75, 3.05) is 0 Å². The molecule has 0 saturated carbocycles. The Morgan fingerprint density at radius 1 is 1.22 bits per heavy atom. The van der Waals surface area contributed by atoms with Gasteiger partial charge in [-0.05, 0) is 31.2 Å². The van der Waals surface area contributed by atoms with Crippen LogP contribution >= 0.6 is 0 Å². The van der Waals surface area contributed by atoms with Gasteiger partial charge < -0.3 is 0 Å². The van der Waals surface area contributed by atoms with E-state index in [1.165, 1.54) is 12.1 Å². The molecule has 0 N–H and O–H groups in total. The second kappa shape index (κ2) is 3.87. The molecule has 0 unspecified atom stereocenters. The Bertz CT molecular complexity index is 716. The Morgan fingerprint density at radius 2 is 1.94 bits per heavy atom. The molecule has 18 heavy (non-hydrogen) atoms. The van der Waals surface area contributed by atoms with Crippen molar-refractivity contribution in [2.24, 2.45) is 7.05 Å². The molecule has 0 aliphatic heterocycles. The van der Waals surface area contributed by atoms with E-state index in [-0.39, 0.29) is 5.82 Å². The molecule has 89 valence electrons. The molecule has 0 aliphatic carbocycles. The first-order chi connectivity index (χ1) is 8.65. The molecule has 0 spiro atoms. The van der Waals surface area contributed by atoms with Crippen LogP contribution in [0.1, 0.15) is 5.69 Å². The maximum absolute atomic E-state index is 12.9. The first kappa shape index (κ1) is 10.8. The molecule has 3 rings (SSSR count). The average molecular weight is 241 g/mol. The Kier molecular flexibility index (Phi) is 2.33.